The first-order valence-electron chi connectivity index (χ1n) is 18.7. The van der Waals surface area contributed by atoms with Crippen molar-refractivity contribution in [2.75, 3.05) is 0 Å². The van der Waals surface area contributed by atoms with E-state index < -0.39 is 0 Å². The topological polar surface area (TPSA) is 30.7 Å². The quantitative estimate of drug-likeness (QED) is 0.167. The molecule has 0 unspecified atom stereocenters. The van der Waals surface area contributed by atoms with E-state index in [4.69, 9.17) is 9.97 Å². The van der Waals surface area contributed by atoms with E-state index in [0.29, 0.717) is 0 Å². The van der Waals surface area contributed by atoms with Crippen LogP contribution in [0.5, 0.6) is 0 Å². The first-order chi connectivity index (χ1) is 27.3. The maximum absolute atomic E-state index is 4.89. The molecule has 3 aromatic heterocycles. The highest BCUT2D eigenvalue weighted by Crippen LogP contribution is 2.45. The first-order valence-corrected chi connectivity index (χ1v) is 18.7. The van der Waals surface area contributed by atoms with Crippen molar-refractivity contribution in [3.8, 4) is 50.3 Å². The number of hydrogen-bond donors (Lipinski definition) is 0. The van der Waals surface area contributed by atoms with Gasteiger partial charge >= 0.3 is 0 Å². The fraction of sp³-hybridized carbons (Fsp3) is 0. The second-order valence-electron chi connectivity index (χ2n) is 14.2. The van der Waals surface area contributed by atoms with Gasteiger partial charge in [-0.2, -0.15) is 0 Å². The summed E-state index contributed by atoms with van der Waals surface area (Å²) in [5, 5.41) is 9.77. The highest BCUT2D eigenvalue weighted by molar-refractivity contribution is 6.22. The molecule has 0 N–H and O–H groups in total. The largest absolute Gasteiger partial charge is 0.308 e. The molecule has 0 aliphatic heterocycles. The summed E-state index contributed by atoms with van der Waals surface area (Å²) in [4.78, 5) is 9.73. The fourth-order valence-electron chi connectivity index (χ4n) is 8.66. The average Bonchev–Trinajstić information content (AvgIpc) is 3.60. The third-order valence-corrected chi connectivity index (χ3v) is 11.1. The van der Waals surface area contributed by atoms with Crippen LogP contribution in [0.4, 0.5) is 0 Å². The summed E-state index contributed by atoms with van der Waals surface area (Å²) >= 11 is 0. The lowest BCUT2D eigenvalue weighted by Crippen LogP contribution is -1.96. The molecule has 0 amide bonds. The number of hydrogen-bond acceptors (Lipinski definition) is 2. The Morgan fingerprint density at radius 1 is 0.364 bits per heavy atom. The lowest BCUT2D eigenvalue weighted by atomic mass is 9.85. The third-order valence-electron chi connectivity index (χ3n) is 11.1. The van der Waals surface area contributed by atoms with Crippen molar-refractivity contribution in [3.63, 3.8) is 0 Å². The van der Waals surface area contributed by atoms with E-state index >= 15 is 0 Å². The number of aromatic nitrogens is 3. The summed E-state index contributed by atoms with van der Waals surface area (Å²) in [5.41, 5.74) is 12.4. The van der Waals surface area contributed by atoms with Crippen molar-refractivity contribution in [2.24, 2.45) is 0 Å². The predicted octanol–water partition coefficient (Wildman–Crippen LogP) is 13.7. The summed E-state index contributed by atoms with van der Waals surface area (Å²) in [6.45, 7) is 0. The molecule has 11 aromatic rings. The van der Waals surface area contributed by atoms with Crippen LogP contribution in [0.25, 0.3) is 104 Å². The molecular formula is C52H33N3. The van der Waals surface area contributed by atoms with Crippen molar-refractivity contribution in [2.45, 2.75) is 0 Å². The highest BCUT2D eigenvalue weighted by Gasteiger charge is 2.19. The van der Waals surface area contributed by atoms with E-state index in [-0.39, 0.29) is 0 Å². The molecule has 0 saturated carbocycles. The average molecular weight is 700 g/mol. The van der Waals surface area contributed by atoms with E-state index in [0.717, 1.165) is 44.5 Å². The van der Waals surface area contributed by atoms with Crippen LogP contribution in [0.3, 0.4) is 0 Å². The fourth-order valence-corrected chi connectivity index (χ4v) is 8.66. The second-order valence-corrected chi connectivity index (χ2v) is 14.2. The number of rotatable bonds is 5. The van der Waals surface area contributed by atoms with Crippen LogP contribution in [-0.2, 0) is 0 Å². The Hall–Kier alpha value is -7.36. The van der Waals surface area contributed by atoms with E-state index in [1.165, 1.54) is 60.0 Å². The Bertz CT molecular complexity index is 3210. The molecule has 0 radical (unpaired) electrons. The summed E-state index contributed by atoms with van der Waals surface area (Å²) < 4.78 is 2.33. The second kappa shape index (κ2) is 12.6. The number of nitrogens with zero attached hydrogens (tertiary/aromatic N) is 3. The van der Waals surface area contributed by atoms with Gasteiger partial charge in [0, 0.05) is 34.3 Å². The van der Waals surface area contributed by atoms with Gasteiger partial charge in [-0.3, -0.25) is 9.97 Å². The molecule has 0 aliphatic rings. The van der Waals surface area contributed by atoms with Crippen molar-refractivity contribution in [3.05, 3.63) is 201 Å². The maximum Gasteiger partial charge on any atom is 0.0802 e. The van der Waals surface area contributed by atoms with Crippen LogP contribution in [0.1, 0.15) is 0 Å². The summed E-state index contributed by atoms with van der Waals surface area (Å²) in [6.07, 6.45) is 5.86. The molecule has 8 aromatic carbocycles. The molecule has 3 nitrogen and oxygen atoms in total. The van der Waals surface area contributed by atoms with Crippen molar-refractivity contribution in [1.82, 2.24) is 14.5 Å². The highest BCUT2D eigenvalue weighted by atomic mass is 15.0. The number of fused-ring (bicyclic) bond motifs is 6. The van der Waals surface area contributed by atoms with Crippen LogP contribution >= 0.6 is 0 Å². The lowest BCUT2D eigenvalue weighted by molar-refractivity contribution is 1.14. The molecular weight excluding hydrogens is 667 g/mol. The Morgan fingerprint density at radius 2 is 0.964 bits per heavy atom. The van der Waals surface area contributed by atoms with Gasteiger partial charge in [0.1, 0.15) is 0 Å². The zero-order valence-corrected chi connectivity index (χ0v) is 29.9. The Kier molecular flexibility index (Phi) is 7.17. The van der Waals surface area contributed by atoms with Crippen LogP contribution in [0, 0.1) is 0 Å². The molecule has 0 atom stereocenters. The molecule has 0 saturated heterocycles. The van der Waals surface area contributed by atoms with E-state index in [1.807, 2.05) is 24.7 Å². The van der Waals surface area contributed by atoms with Crippen LogP contribution in [-0.4, -0.2) is 14.5 Å². The van der Waals surface area contributed by atoms with Crippen LogP contribution in [0.2, 0.25) is 0 Å². The summed E-state index contributed by atoms with van der Waals surface area (Å²) in [6, 6.07) is 65.6. The monoisotopic (exact) mass is 699 g/mol. The minimum absolute atomic E-state index is 0.982. The van der Waals surface area contributed by atoms with E-state index in [9.17, 15) is 0 Å². The normalized spacial score (nSPS) is 11.6. The zero-order chi connectivity index (χ0) is 36.3. The van der Waals surface area contributed by atoms with Gasteiger partial charge in [-0.05, 0) is 90.5 Å². The Balaban J connectivity index is 1.08. The standard InChI is InChI=1S/C52H33N3/c1-2-14-35(15-3-1)52-51-46-23-10-11-24-47(46)55(48(51)27-28-54-52)41-31-40(32-53-33-41)37-17-12-18-38(30-37)49-42-19-6-8-21-44(42)50(45-22-9-7-20-43(45)49)39-26-25-34-13-4-5-16-36(34)29-39/h1-33H. The van der Waals surface area contributed by atoms with E-state index in [2.05, 4.69) is 180 Å². The van der Waals surface area contributed by atoms with Gasteiger partial charge in [-0.15, -0.1) is 0 Å². The summed E-state index contributed by atoms with van der Waals surface area (Å²) in [5.74, 6) is 0. The van der Waals surface area contributed by atoms with Crippen molar-refractivity contribution < 1.29 is 0 Å². The Labute approximate surface area is 318 Å². The van der Waals surface area contributed by atoms with Gasteiger partial charge in [0.2, 0.25) is 0 Å². The third kappa shape index (κ3) is 5.05. The van der Waals surface area contributed by atoms with Gasteiger partial charge in [0.25, 0.3) is 0 Å². The minimum atomic E-state index is 0.982. The van der Waals surface area contributed by atoms with Gasteiger partial charge in [-0.1, -0.05) is 152 Å². The maximum atomic E-state index is 4.89. The lowest BCUT2D eigenvalue weighted by Gasteiger charge is -2.18. The Morgan fingerprint density at radius 3 is 1.71 bits per heavy atom. The molecule has 11 rings (SSSR count). The molecule has 0 spiro atoms. The number of benzene rings is 8. The first kappa shape index (κ1) is 31.2. The minimum Gasteiger partial charge on any atom is -0.308 e. The zero-order valence-electron chi connectivity index (χ0n) is 29.9. The molecule has 0 aliphatic carbocycles. The molecule has 55 heavy (non-hydrogen) atoms. The SMILES string of the molecule is c1ccc(-c2nccc3c2c2ccccc2n3-c2cncc(-c3cccc(-c4c5ccccc5c(-c5ccc6ccccc6c5)c5ccccc45)c3)c2)cc1. The summed E-state index contributed by atoms with van der Waals surface area (Å²) in [7, 11) is 0. The molecule has 0 fully saturated rings. The van der Waals surface area contributed by atoms with Gasteiger partial charge in [-0.25, -0.2) is 0 Å². The van der Waals surface area contributed by atoms with Gasteiger partial charge < -0.3 is 4.57 Å². The molecule has 3 heteroatoms. The number of para-hydroxylation sites is 1. The van der Waals surface area contributed by atoms with E-state index in [1.54, 1.807) is 0 Å². The predicted molar refractivity (Wildman–Crippen MR) is 231 cm³/mol. The van der Waals surface area contributed by atoms with Gasteiger partial charge in [0.05, 0.1) is 28.6 Å². The molecule has 0 bridgehead atoms. The van der Waals surface area contributed by atoms with Crippen molar-refractivity contribution in [1.29, 1.82) is 0 Å². The number of pyridine rings is 2. The van der Waals surface area contributed by atoms with Gasteiger partial charge in [0.15, 0.2) is 0 Å². The van der Waals surface area contributed by atoms with Crippen LogP contribution in [0.15, 0.2) is 201 Å². The smallest absolute Gasteiger partial charge is 0.0802 e. The molecule has 3 heterocycles. The van der Waals surface area contributed by atoms with Crippen LogP contribution < -0.4 is 0 Å². The van der Waals surface area contributed by atoms with Crippen molar-refractivity contribution >= 4 is 54.1 Å². The molecule has 256 valence electrons.